The van der Waals surface area contributed by atoms with E-state index in [0.717, 1.165) is 29.4 Å². The topological polar surface area (TPSA) is 49.3 Å². The molecule has 98 valence electrons. The molecule has 1 aliphatic rings. The maximum Gasteiger partial charge on any atom is 0.329 e. The van der Waals surface area contributed by atoms with Crippen LogP contribution in [0, 0.1) is 5.92 Å². The average molecular weight is 312 g/mol. The van der Waals surface area contributed by atoms with E-state index in [2.05, 4.69) is 28.2 Å². The third-order valence-electron chi connectivity index (χ3n) is 3.91. The fourth-order valence-corrected chi connectivity index (χ4v) is 3.19. The Labute approximate surface area is 116 Å². The van der Waals surface area contributed by atoms with Crippen LogP contribution in [-0.4, -0.2) is 16.6 Å². The zero-order chi connectivity index (χ0) is 13.2. The maximum absolute atomic E-state index is 11.7. The standard InChI is InChI=1S/C14H18BrNO2/c1-2-10-4-3-9-14(10,13(17)18)16-12-7-5-11(15)6-8-12/h5-8,10,16H,2-4,9H2,1H3,(H,17,18). The van der Waals surface area contributed by atoms with Gasteiger partial charge in [0, 0.05) is 10.2 Å². The number of carboxylic acids is 1. The summed E-state index contributed by atoms with van der Waals surface area (Å²) in [6.45, 7) is 2.07. The fraction of sp³-hybridized carbons (Fsp3) is 0.500. The van der Waals surface area contributed by atoms with Gasteiger partial charge in [0.1, 0.15) is 5.54 Å². The summed E-state index contributed by atoms with van der Waals surface area (Å²) in [5.74, 6) is -0.520. The first-order valence-electron chi connectivity index (χ1n) is 6.35. The van der Waals surface area contributed by atoms with Crippen molar-refractivity contribution < 1.29 is 9.90 Å². The van der Waals surface area contributed by atoms with Gasteiger partial charge in [-0.25, -0.2) is 4.79 Å². The summed E-state index contributed by atoms with van der Waals surface area (Å²) in [4.78, 5) is 11.7. The second-order valence-corrected chi connectivity index (χ2v) is 5.82. The Morgan fingerprint density at radius 3 is 2.72 bits per heavy atom. The number of nitrogens with one attached hydrogen (secondary N) is 1. The van der Waals surface area contributed by atoms with E-state index in [0.29, 0.717) is 6.42 Å². The summed E-state index contributed by atoms with van der Waals surface area (Å²) in [5, 5.41) is 12.9. The third kappa shape index (κ3) is 2.39. The minimum Gasteiger partial charge on any atom is -0.479 e. The Kier molecular flexibility index (Phi) is 3.95. The highest BCUT2D eigenvalue weighted by Gasteiger charge is 2.48. The van der Waals surface area contributed by atoms with Gasteiger partial charge >= 0.3 is 5.97 Å². The number of halogens is 1. The zero-order valence-electron chi connectivity index (χ0n) is 10.4. The van der Waals surface area contributed by atoms with Crippen LogP contribution < -0.4 is 5.32 Å². The van der Waals surface area contributed by atoms with Crippen LogP contribution in [0.2, 0.25) is 0 Å². The lowest BCUT2D eigenvalue weighted by Crippen LogP contribution is -2.49. The lowest BCUT2D eigenvalue weighted by atomic mass is 9.85. The van der Waals surface area contributed by atoms with Gasteiger partial charge in [0.15, 0.2) is 0 Å². The second-order valence-electron chi connectivity index (χ2n) is 4.91. The van der Waals surface area contributed by atoms with Crippen LogP contribution in [0.15, 0.2) is 28.7 Å². The molecule has 2 atom stereocenters. The van der Waals surface area contributed by atoms with Gasteiger partial charge in [-0.2, -0.15) is 0 Å². The molecule has 2 unspecified atom stereocenters. The molecule has 1 saturated carbocycles. The van der Waals surface area contributed by atoms with Crippen LogP contribution in [0.5, 0.6) is 0 Å². The van der Waals surface area contributed by atoms with E-state index >= 15 is 0 Å². The van der Waals surface area contributed by atoms with Crippen LogP contribution in [0.3, 0.4) is 0 Å². The van der Waals surface area contributed by atoms with Gasteiger partial charge in [-0.05, 0) is 43.0 Å². The van der Waals surface area contributed by atoms with Crippen molar-refractivity contribution in [1.29, 1.82) is 0 Å². The van der Waals surface area contributed by atoms with Crippen molar-refractivity contribution in [3.05, 3.63) is 28.7 Å². The van der Waals surface area contributed by atoms with Crippen molar-refractivity contribution in [3.63, 3.8) is 0 Å². The molecule has 0 saturated heterocycles. The summed E-state index contributed by atoms with van der Waals surface area (Å²) in [6, 6.07) is 7.68. The lowest BCUT2D eigenvalue weighted by molar-refractivity contribution is -0.143. The summed E-state index contributed by atoms with van der Waals surface area (Å²) in [7, 11) is 0. The number of aliphatic carboxylic acids is 1. The van der Waals surface area contributed by atoms with Gasteiger partial charge in [0.05, 0.1) is 0 Å². The molecule has 0 bridgehead atoms. The number of carbonyl (C=O) groups is 1. The van der Waals surface area contributed by atoms with Crippen molar-refractivity contribution in [2.24, 2.45) is 5.92 Å². The minimum absolute atomic E-state index is 0.207. The largest absolute Gasteiger partial charge is 0.479 e. The predicted molar refractivity (Wildman–Crippen MR) is 75.8 cm³/mol. The van der Waals surface area contributed by atoms with Crippen LogP contribution >= 0.6 is 15.9 Å². The molecule has 0 heterocycles. The van der Waals surface area contributed by atoms with Crippen LogP contribution in [0.25, 0.3) is 0 Å². The normalized spacial score (nSPS) is 27.1. The molecule has 1 fully saturated rings. The van der Waals surface area contributed by atoms with Crippen molar-refractivity contribution in [3.8, 4) is 0 Å². The van der Waals surface area contributed by atoms with E-state index < -0.39 is 11.5 Å². The molecule has 2 N–H and O–H groups in total. The number of carboxylic acid groups (broad SMARTS) is 1. The molecule has 4 heteroatoms. The van der Waals surface area contributed by atoms with E-state index in [-0.39, 0.29) is 5.92 Å². The first-order valence-corrected chi connectivity index (χ1v) is 7.15. The highest BCUT2D eigenvalue weighted by molar-refractivity contribution is 9.10. The van der Waals surface area contributed by atoms with Gasteiger partial charge in [-0.1, -0.05) is 35.7 Å². The highest BCUT2D eigenvalue weighted by Crippen LogP contribution is 2.40. The lowest BCUT2D eigenvalue weighted by Gasteiger charge is -2.33. The van der Waals surface area contributed by atoms with Crippen LogP contribution in [0.4, 0.5) is 5.69 Å². The number of hydrogen-bond donors (Lipinski definition) is 2. The van der Waals surface area contributed by atoms with Gasteiger partial charge in [-0.15, -0.1) is 0 Å². The van der Waals surface area contributed by atoms with Crippen LogP contribution in [0.1, 0.15) is 32.6 Å². The molecule has 1 aromatic carbocycles. The molecule has 2 rings (SSSR count). The molecule has 3 nitrogen and oxygen atoms in total. The Bertz CT molecular complexity index is 432. The highest BCUT2D eigenvalue weighted by atomic mass is 79.9. The van der Waals surface area contributed by atoms with Gasteiger partial charge < -0.3 is 10.4 Å². The predicted octanol–water partition coefficient (Wildman–Crippen LogP) is 3.89. The van der Waals surface area contributed by atoms with Gasteiger partial charge in [-0.3, -0.25) is 0 Å². The minimum atomic E-state index is -0.789. The molecule has 0 amide bonds. The molecule has 0 radical (unpaired) electrons. The first-order chi connectivity index (χ1) is 8.58. The molecule has 0 aliphatic heterocycles. The molecule has 0 aromatic heterocycles. The van der Waals surface area contributed by atoms with E-state index in [4.69, 9.17) is 0 Å². The van der Waals surface area contributed by atoms with Crippen molar-refractivity contribution in [2.75, 3.05) is 5.32 Å². The first kappa shape index (κ1) is 13.4. The summed E-state index contributed by atoms with van der Waals surface area (Å²) in [6.07, 6.45) is 3.58. The second kappa shape index (κ2) is 5.31. The van der Waals surface area contributed by atoms with E-state index in [1.54, 1.807) is 0 Å². The van der Waals surface area contributed by atoms with E-state index in [1.807, 2.05) is 24.3 Å². The van der Waals surface area contributed by atoms with Gasteiger partial charge in [0.2, 0.25) is 0 Å². The summed E-state index contributed by atoms with van der Waals surface area (Å²) in [5.41, 5.74) is 0.0868. The fourth-order valence-electron chi connectivity index (χ4n) is 2.92. The van der Waals surface area contributed by atoms with Crippen molar-refractivity contribution >= 4 is 27.6 Å². The summed E-state index contributed by atoms with van der Waals surface area (Å²) < 4.78 is 0.996. The quantitative estimate of drug-likeness (QED) is 0.886. The summed E-state index contributed by atoms with van der Waals surface area (Å²) >= 11 is 3.38. The Morgan fingerprint density at radius 1 is 1.50 bits per heavy atom. The maximum atomic E-state index is 11.7. The average Bonchev–Trinajstić information content (AvgIpc) is 2.76. The Morgan fingerprint density at radius 2 is 2.17 bits per heavy atom. The molecule has 1 aromatic rings. The number of anilines is 1. The van der Waals surface area contributed by atoms with Crippen molar-refractivity contribution in [2.45, 2.75) is 38.1 Å². The van der Waals surface area contributed by atoms with Crippen LogP contribution in [-0.2, 0) is 4.79 Å². The molecule has 0 spiro atoms. The molecule has 18 heavy (non-hydrogen) atoms. The third-order valence-corrected chi connectivity index (χ3v) is 4.44. The molecular formula is C14H18BrNO2. The number of hydrogen-bond acceptors (Lipinski definition) is 2. The van der Waals surface area contributed by atoms with E-state index in [1.165, 1.54) is 0 Å². The Balaban J connectivity index is 2.26. The molecule has 1 aliphatic carbocycles. The van der Waals surface area contributed by atoms with Crippen molar-refractivity contribution in [1.82, 2.24) is 0 Å². The number of benzene rings is 1. The molecular weight excluding hydrogens is 294 g/mol. The zero-order valence-corrected chi connectivity index (χ0v) is 12.0. The van der Waals surface area contributed by atoms with Gasteiger partial charge in [0.25, 0.3) is 0 Å². The number of rotatable bonds is 4. The monoisotopic (exact) mass is 311 g/mol. The SMILES string of the molecule is CCC1CCCC1(Nc1ccc(Br)cc1)C(=O)O. The smallest absolute Gasteiger partial charge is 0.329 e. The van der Waals surface area contributed by atoms with E-state index in [9.17, 15) is 9.90 Å². The Hall–Kier alpha value is -1.03.